The van der Waals surface area contributed by atoms with Gasteiger partial charge in [0, 0.05) is 23.2 Å². The van der Waals surface area contributed by atoms with Crippen LogP contribution in [0.25, 0.3) is 10.9 Å². The van der Waals surface area contributed by atoms with E-state index in [1.807, 2.05) is 57.2 Å². The van der Waals surface area contributed by atoms with Gasteiger partial charge in [-0.1, -0.05) is 17.7 Å². The number of fused-ring (bicyclic) bond motifs is 1. The van der Waals surface area contributed by atoms with Crippen molar-refractivity contribution in [2.75, 3.05) is 13.2 Å². The molecule has 0 saturated heterocycles. The smallest absolute Gasteiger partial charge is 0.254 e. The van der Waals surface area contributed by atoms with E-state index < -0.39 is 0 Å². The Balaban J connectivity index is 1.96. The number of carbonyl (C=O) groups is 1. The fourth-order valence-corrected chi connectivity index (χ4v) is 3.18. The minimum atomic E-state index is -0.217. The average Bonchev–Trinajstić information content (AvgIpc) is 2.63. The van der Waals surface area contributed by atoms with Crippen LogP contribution in [0.1, 0.15) is 32.6 Å². The zero-order valence-electron chi connectivity index (χ0n) is 15.9. The largest absolute Gasteiger partial charge is 0.395 e. The Labute approximate surface area is 158 Å². The Morgan fingerprint density at radius 1 is 1.07 bits per heavy atom. The van der Waals surface area contributed by atoms with Crippen LogP contribution in [0.4, 0.5) is 0 Å². The van der Waals surface area contributed by atoms with Crippen LogP contribution in [-0.2, 0) is 6.54 Å². The summed E-state index contributed by atoms with van der Waals surface area (Å²) in [5.41, 5.74) is 4.86. The number of aromatic nitrogens is 1. The van der Waals surface area contributed by atoms with E-state index in [0.717, 1.165) is 27.6 Å². The van der Waals surface area contributed by atoms with E-state index in [9.17, 15) is 14.7 Å². The van der Waals surface area contributed by atoms with Crippen molar-refractivity contribution in [1.82, 2.24) is 9.88 Å². The third-order valence-corrected chi connectivity index (χ3v) is 4.82. The van der Waals surface area contributed by atoms with Gasteiger partial charge < -0.3 is 15.0 Å². The normalized spacial score (nSPS) is 11.0. The lowest BCUT2D eigenvalue weighted by Crippen LogP contribution is -2.35. The lowest BCUT2D eigenvalue weighted by atomic mass is 10.0. The summed E-state index contributed by atoms with van der Waals surface area (Å²) in [6.45, 7) is 6.10. The number of aromatic amines is 1. The van der Waals surface area contributed by atoms with E-state index in [-0.39, 0.29) is 31.2 Å². The third-order valence-electron chi connectivity index (χ3n) is 4.82. The van der Waals surface area contributed by atoms with Gasteiger partial charge in [0.1, 0.15) is 0 Å². The summed E-state index contributed by atoms with van der Waals surface area (Å²) in [4.78, 5) is 29.8. The Hall–Kier alpha value is -2.92. The lowest BCUT2D eigenvalue weighted by Gasteiger charge is -2.22. The van der Waals surface area contributed by atoms with Crippen molar-refractivity contribution in [3.05, 3.63) is 80.6 Å². The quantitative estimate of drug-likeness (QED) is 0.731. The molecule has 0 aliphatic rings. The molecule has 2 N–H and O–H groups in total. The monoisotopic (exact) mass is 364 g/mol. The Kier molecular flexibility index (Phi) is 5.42. The molecule has 3 aromatic rings. The molecule has 1 aromatic heterocycles. The molecule has 0 unspecified atom stereocenters. The molecule has 27 heavy (non-hydrogen) atoms. The molecule has 5 nitrogen and oxygen atoms in total. The second-order valence-corrected chi connectivity index (χ2v) is 6.97. The van der Waals surface area contributed by atoms with Crippen LogP contribution in [0, 0.1) is 20.8 Å². The molecule has 0 saturated carbocycles. The first-order chi connectivity index (χ1) is 12.9. The van der Waals surface area contributed by atoms with Crippen LogP contribution in [0.15, 0.2) is 47.3 Å². The highest BCUT2D eigenvalue weighted by molar-refractivity contribution is 5.94. The molecule has 140 valence electrons. The maximum atomic E-state index is 12.9. The summed E-state index contributed by atoms with van der Waals surface area (Å²) < 4.78 is 0. The first-order valence-corrected chi connectivity index (χ1v) is 8.99. The highest BCUT2D eigenvalue weighted by Crippen LogP contribution is 2.18. The predicted octanol–water partition coefficient (Wildman–Crippen LogP) is 3.09. The number of aryl methyl sites for hydroxylation is 3. The van der Waals surface area contributed by atoms with E-state index in [0.29, 0.717) is 11.1 Å². The van der Waals surface area contributed by atoms with Crippen molar-refractivity contribution in [3.63, 3.8) is 0 Å². The highest BCUT2D eigenvalue weighted by atomic mass is 16.3. The fourth-order valence-electron chi connectivity index (χ4n) is 3.18. The molecule has 0 aliphatic heterocycles. The van der Waals surface area contributed by atoms with E-state index in [4.69, 9.17) is 0 Å². The first-order valence-electron chi connectivity index (χ1n) is 8.99. The average molecular weight is 364 g/mol. The van der Waals surface area contributed by atoms with Crippen LogP contribution in [0.2, 0.25) is 0 Å². The fraction of sp³-hybridized carbons (Fsp3) is 0.273. The minimum Gasteiger partial charge on any atom is -0.395 e. The zero-order valence-corrected chi connectivity index (χ0v) is 15.9. The Bertz CT molecular complexity index is 1050. The molecule has 3 rings (SSSR count). The number of nitrogens with zero attached hydrogens (tertiary/aromatic N) is 1. The van der Waals surface area contributed by atoms with Crippen molar-refractivity contribution in [1.29, 1.82) is 0 Å². The van der Waals surface area contributed by atoms with Gasteiger partial charge in [0.2, 0.25) is 0 Å². The highest BCUT2D eigenvalue weighted by Gasteiger charge is 2.18. The summed E-state index contributed by atoms with van der Waals surface area (Å²) >= 11 is 0. The Morgan fingerprint density at radius 2 is 1.81 bits per heavy atom. The van der Waals surface area contributed by atoms with Crippen molar-refractivity contribution in [3.8, 4) is 0 Å². The standard InChI is InChI=1S/C22H24N2O3/c1-14-5-4-6-17(9-14)22(27)24(7-8-25)13-19-12-18-10-15(2)16(3)11-20(18)23-21(19)26/h4-6,9-12,25H,7-8,13H2,1-3H3,(H,23,26). The second-order valence-electron chi connectivity index (χ2n) is 6.97. The number of hydrogen-bond donors (Lipinski definition) is 2. The summed E-state index contributed by atoms with van der Waals surface area (Å²) in [5, 5.41) is 10.3. The topological polar surface area (TPSA) is 73.4 Å². The summed E-state index contributed by atoms with van der Waals surface area (Å²) in [6.07, 6.45) is 0. The molecule has 0 spiro atoms. The van der Waals surface area contributed by atoms with Crippen molar-refractivity contribution in [2.45, 2.75) is 27.3 Å². The predicted molar refractivity (Wildman–Crippen MR) is 107 cm³/mol. The van der Waals surface area contributed by atoms with Gasteiger partial charge in [-0.05, 0) is 67.6 Å². The number of aliphatic hydroxyl groups is 1. The van der Waals surface area contributed by atoms with Gasteiger partial charge in [-0.25, -0.2) is 0 Å². The van der Waals surface area contributed by atoms with Gasteiger partial charge >= 0.3 is 0 Å². The van der Waals surface area contributed by atoms with Gasteiger partial charge in [-0.2, -0.15) is 0 Å². The molecule has 1 amide bonds. The van der Waals surface area contributed by atoms with Crippen LogP contribution < -0.4 is 5.56 Å². The number of aliphatic hydroxyl groups excluding tert-OH is 1. The van der Waals surface area contributed by atoms with Gasteiger partial charge in [0.15, 0.2) is 0 Å². The van der Waals surface area contributed by atoms with Crippen LogP contribution in [0.5, 0.6) is 0 Å². The van der Waals surface area contributed by atoms with E-state index >= 15 is 0 Å². The maximum absolute atomic E-state index is 12.9. The Morgan fingerprint density at radius 3 is 2.52 bits per heavy atom. The van der Waals surface area contributed by atoms with Gasteiger partial charge in [-0.15, -0.1) is 0 Å². The zero-order chi connectivity index (χ0) is 19.6. The van der Waals surface area contributed by atoms with Gasteiger partial charge in [-0.3, -0.25) is 9.59 Å². The van der Waals surface area contributed by atoms with E-state index in [2.05, 4.69) is 4.98 Å². The molecular weight excluding hydrogens is 340 g/mol. The molecule has 0 bridgehead atoms. The van der Waals surface area contributed by atoms with Gasteiger partial charge in [0.05, 0.1) is 13.2 Å². The molecule has 0 atom stereocenters. The minimum absolute atomic E-state index is 0.144. The molecule has 0 aliphatic carbocycles. The molecular formula is C22H24N2O3. The maximum Gasteiger partial charge on any atom is 0.254 e. The molecule has 0 fully saturated rings. The van der Waals surface area contributed by atoms with Crippen LogP contribution in [-0.4, -0.2) is 34.0 Å². The number of carbonyl (C=O) groups excluding carboxylic acids is 1. The summed E-state index contributed by atoms with van der Waals surface area (Å²) in [5.74, 6) is -0.202. The van der Waals surface area contributed by atoms with Crippen molar-refractivity contribution >= 4 is 16.8 Å². The van der Waals surface area contributed by atoms with Crippen molar-refractivity contribution < 1.29 is 9.90 Å². The number of rotatable bonds is 5. The summed E-state index contributed by atoms with van der Waals surface area (Å²) in [6, 6.07) is 13.1. The van der Waals surface area contributed by atoms with Crippen LogP contribution in [0.3, 0.4) is 0 Å². The summed E-state index contributed by atoms with van der Waals surface area (Å²) in [7, 11) is 0. The second kappa shape index (κ2) is 7.76. The van der Waals surface area contributed by atoms with Gasteiger partial charge in [0.25, 0.3) is 11.5 Å². The number of hydrogen-bond acceptors (Lipinski definition) is 3. The molecule has 5 heteroatoms. The number of benzene rings is 2. The van der Waals surface area contributed by atoms with Crippen LogP contribution >= 0.6 is 0 Å². The first kappa shape index (κ1) is 18.9. The molecule has 0 radical (unpaired) electrons. The van der Waals surface area contributed by atoms with E-state index in [1.54, 1.807) is 6.07 Å². The lowest BCUT2D eigenvalue weighted by molar-refractivity contribution is 0.0707. The third kappa shape index (κ3) is 4.09. The van der Waals surface area contributed by atoms with E-state index in [1.165, 1.54) is 4.90 Å². The molecule has 2 aromatic carbocycles. The van der Waals surface area contributed by atoms with Crippen molar-refractivity contribution in [2.24, 2.45) is 0 Å². The SMILES string of the molecule is Cc1cccc(C(=O)N(CCO)Cc2cc3cc(C)c(C)cc3[nH]c2=O)c1. The number of H-pyrrole nitrogens is 1. The number of amides is 1. The number of pyridine rings is 1. The molecule has 1 heterocycles. The number of nitrogens with one attached hydrogen (secondary N) is 1.